The highest BCUT2D eigenvalue weighted by Crippen LogP contribution is 2.26. The molecule has 2 N–H and O–H groups in total. The fraction of sp³-hybridized carbons (Fsp3) is 0. The van der Waals surface area contributed by atoms with E-state index in [1.807, 2.05) is 36.4 Å². The summed E-state index contributed by atoms with van der Waals surface area (Å²) in [5.74, 6) is 0. The maximum atomic E-state index is 8.22. The minimum atomic E-state index is 0.198. The summed E-state index contributed by atoms with van der Waals surface area (Å²) in [6.07, 6.45) is 1.14. The molecule has 6 heteroatoms. The second-order valence-corrected chi connectivity index (χ2v) is 5.81. The molecule has 0 saturated heterocycles. The van der Waals surface area contributed by atoms with Crippen molar-refractivity contribution in [2.24, 2.45) is 0 Å². The Morgan fingerprint density at radius 1 is 1.10 bits per heavy atom. The van der Waals surface area contributed by atoms with Crippen LogP contribution in [0.4, 0.5) is 0 Å². The average Bonchev–Trinajstić information content (AvgIpc) is 2.50. The number of benzene rings is 2. The summed E-state index contributed by atoms with van der Waals surface area (Å²) in [5, 5.41) is 17.0. The van der Waals surface area contributed by atoms with Gasteiger partial charge in [-0.15, -0.1) is 0 Å². The van der Waals surface area contributed by atoms with E-state index in [2.05, 4.69) is 4.98 Å². The Morgan fingerprint density at radius 2 is 1.81 bits per heavy atom. The Morgan fingerprint density at radius 3 is 2.52 bits per heavy atom. The van der Waals surface area contributed by atoms with E-state index < -0.39 is 0 Å². The Hall–Kier alpha value is -2.11. The van der Waals surface area contributed by atoms with Gasteiger partial charge in [0, 0.05) is 9.92 Å². The van der Waals surface area contributed by atoms with Gasteiger partial charge in [-0.2, -0.15) is 0 Å². The zero-order valence-corrected chi connectivity index (χ0v) is 12.4. The summed E-state index contributed by atoms with van der Waals surface area (Å²) in [6, 6.07) is 14.9. The zero-order chi connectivity index (χ0) is 14.8. The summed E-state index contributed by atoms with van der Waals surface area (Å²) in [5.41, 5.74) is 1.70. The third kappa shape index (κ3) is 2.70. The molecule has 0 spiro atoms. The van der Waals surface area contributed by atoms with E-state index in [4.69, 9.17) is 22.4 Å². The molecule has 0 atom stereocenters. The highest BCUT2D eigenvalue weighted by Gasteiger charge is 2.08. The quantitative estimate of drug-likeness (QED) is 0.571. The topological polar surface area (TPSA) is 65.5 Å². The first-order valence-corrected chi connectivity index (χ1v) is 7.38. The minimum absolute atomic E-state index is 0.198. The molecule has 0 saturated carbocycles. The SMILES string of the molecule is N=Cn1c(=N)c(Sc2ccc(Cl)cc2)nc2ccccc21. The van der Waals surface area contributed by atoms with E-state index in [0.717, 1.165) is 22.3 Å². The molecule has 4 nitrogen and oxygen atoms in total. The van der Waals surface area contributed by atoms with Crippen LogP contribution in [0.3, 0.4) is 0 Å². The Kier molecular flexibility index (Phi) is 3.77. The van der Waals surface area contributed by atoms with Crippen molar-refractivity contribution < 1.29 is 0 Å². The fourth-order valence-electron chi connectivity index (χ4n) is 1.97. The number of fused-ring (bicyclic) bond motifs is 1. The van der Waals surface area contributed by atoms with E-state index in [9.17, 15) is 0 Å². The number of aromatic nitrogens is 2. The first-order chi connectivity index (χ1) is 10.2. The van der Waals surface area contributed by atoms with Crippen molar-refractivity contribution in [1.82, 2.24) is 9.55 Å². The van der Waals surface area contributed by atoms with Crippen molar-refractivity contribution >= 4 is 40.7 Å². The highest BCUT2D eigenvalue weighted by atomic mass is 35.5. The third-order valence-electron chi connectivity index (χ3n) is 2.96. The maximum absolute atomic E-state index is 8.22. The molecule has 1 heterocycles. The van der Waals surface area contributed by atoms with Crippen molar-refractivity contribution in [3.63, 3.8) is 0 Å². The van der Waals surface area contributed by atoms with Gasteiger partial charge in [-0.25, -0.2) is 4.98 Å². The number of hydrogen-bond acceptors (Lipinski definition) is 4. The molecule has 0 unspecified atom stereocenters. The summed E-state index contributed by atoms with van der Waals surface area (Å²) in [4.78, 5) is 5.47. The van der Waals surface area contributed by atoms with Gasteiger partial charge in [-0.1, -0.05) is 35.5 Å². The lowest BCUT2D eigenvalue weighted by Gasteiger charge is -2.09. The van der Waals surface area contributed by atoms with Crippen molar-refractivity contribution in [2.75, 3.05) is 0 Å². The molecule has 1 aromatic heterocycles. The molecular weight excluding hydrogens is 304 g/mol. The molecule has 0 aliphatic carbocycles. The van der Waals surface area contributed by atoms with Gasteiger partial charge in [0.05, 0.1) is 17.4 Å². The Labute approximate surface area is 130 Å². The molecule has 2 aromatic carbocycles. The lowest BCUT2D eigenvalue weighted by molar-refractivity contribution is 0.909. The molecule has 3 aromatic rings. The number of hydrogen-bond donors (Lipinski definition) is 2. The van der Waals surface area contributed by atoms with Crippen LogP contribution in [0.15, 0.2) is 58.5 Å². The van der Waals surface area contributed by atoms with Crippen LogP contribution in [0.25, 0.3) is 11.0 Å². The third-order valence-corrected chi connectivity index (χ3v) is 4.20. The van der Waals surface area contributed by atoms with Gasteiger partial charge >= 0.3 is 0 Å². The number of nitrogens with zero attached hydrogens (tertiary/aromatic N) is 2. The number of rotatable bonds is 3. The zero-order valence-electron chi connectivity index (χ0n) is 10.9. The predicted molar refractivity (Wildman–Crippen MR) is 85.3 cm³/mol. The molecule has 21 heavy (non-hydrogen) atoms. The molecular formula is C15H11ClN4S. The van der Waals surface area contributed by atoms with Gasteiger partial charge in [0.1, 0.15) is 5.03 Å². The van der Waals surface area contributed by atoms with Crippen LogP contribution in [0.5, 0.6) is 0 Å². The lowest BCUT2D eigenvalue weighted by Crippen LogP contribution is -2.23. The molecule has 3 rings (SSSR count). The van der Waals surface area contributed by atoms with Gasteiger partial charge < -0.3 is 0 Å². The summed E-state index contributed by atoms with van der Waals surface area (Å²) in [6.45, 7) is 0. The van der Waals surface area contributed by atoms with Gasteiger partial charge in [0.25, 0.3) is 0 Å². The van der Waals surface area contributed by atoms with Crippen molar-refractivity contribution in [2.45, 2.75) is 9.92 Å². The largest absolute Gasteiger partial charge is 0.291 e. The van der Waals surface area contributed by atoms with E-state index in [-0.39, 0.29) is 5.49 Å². The lowest BCUT2D eigenvalue weighted by atomic mass is 10.3. The number of para-hydroxylation sites is 2. The van der Waals surface area contributed by atoms with E-state index >= 15 is 0 Å². The summed E-state index contributed by atoms with van der Waals surface area (Å²) < 4.78 is 1.51. The highest BCUT2D eigenvalue weighted by molar-refractivity contribution is 7.99. The molecule has 0 amide bonds. The van der Waals surface area contributed by atoms with Gasteiger partial charge in [-0.3, -0.25) is 15.4 Å². The first kappa shape index (κ1) is 13.9. The first-order valence-electron chi connectivity index (χ1n) is 6.19. The molecule has 0 aliphatic heterocycles. The van der Waals surface area contributed by atoms with Gasteiger partial charge in [0.2, 0.25) is 0 Å². The maximum Gasteiger partial charge on any atom is 0.164 e. The van der Waals surface area contributed by atoms with E-state index in [1.54, 1.807) is 12.1 Å². The minimum Gasteiger partial charge on any atom is -0.291 e. The predicted octanol–water partition coefficient (Wildman–Crippen LogP) is 3.78. The van der Waals surface area contributed by atoms with E-state index in [0.29, 0.717) is 10.0 Å². The second kappa shape index (κ2) is 5.71. The van der Waals surface area contributed by atoms with Crippen LogP contribution in [0.2, 0.25) is 5.02 Å². The Bertz CT molecular complexity index is 871. The summed E-state index contributed by atoms with van der Waals surface area (Å²) in [7, 11) is 0. The standard InChI is InChI=1S/C15H11ClN4S/c16-10-5-7-11(8-6-10)21-15-14(18)20(9-17)13-4-2-1-3-12(13)19-15/h1-9,17-18H. The molecule has 104 valence electrons. The van der Waals surface area contributed by atoms with Gasteiger partial charge in [0.15, 0.2) is 5.49 Å². The van der Waals surface area contributed by atoms with Crippen LogP contribution in [0, 0.1) is 10.8 Å². The van der Waals surface area contributed by atoms with Crippen LogP contribution in [0.1, 0.15) is 0 Å². The smallest absolute Gasteiger partial charge is 0.164 e. The molecule has 0 radical (unpaired) electrons. The van der Waals surface area contributed by atoms with Crippen molar-refractivity contribution in [3.8, 4) is 0 Å². The molecule has 0 fully saturated rings. The van der Waals surface area contributed by atoms with Crippen LogP contribution >= 0.6 is 23.4 Å². The number of nitrogens with one attached hydrogen (secondary N) is 2. The molecule has 0 bridgehead atoms. The van der Waals surface area contributed by atoms with E-state index in [1.165, 1.54) is 16.3 Å². The molecule has 0 aliphatic rings. The number of halogens is 1. The van der Waals surface area contributed by atoms with Crippen LogP contribution in [-0.4, -0.2) is 15.9 Å². The summed E-state index contributed by atoms with van der Waals surface area (Å²) >= 11 is 7.26. The van der Waals surface area contributed by atoms with Gasteiger partial charge in [-0.05, 0) is 36.4 Å². The van der Waals surface area contributed by atoms with Crippen molar-refractivity contribution in [3.05, 3.63) is 59.0 Å². The fourth-order valence-corrected chi connectivity index (χ4v) is 2.93. The monoisotopic (exact) mass is 314 g/mol. The average molecular weight is 315 g/mol. The Balaban J connectivity index is 2.14. The normalized spacial score (nSPS) is 10.7. The second-order valence-electron chi connectivity index (χ2n) is 4.31. The van der Waals surface area contributed by atoms with Crippen molar-refractivity contribution in [1.29, 1.82) is 10.8 Å². The van der Waals surface area contributed by atoms with Crippen LogP contribution < -0.4 is 5.49 Å². The van der Waals surface area contributed by atoms with Crippen LogP contribution in [-0.2, 0) is 0 Å².